The Bertz CT molecular complexity index is 1190. The second-order valence-corrected chi connectivity index (χ2v) is 9.56. The Balaban J connectivity index is 1.66. The molecule has 0 fully saturated rings. The molecule has 0 saturated carbocycles. The maximum atomic E-state index is 13.4. The summed E-state index contributed by atoms with van der Waals surface area (Å²) in [7, 11) is 2.99. The van der Waals surface area contributed by atoms with Gasteiger partial charge in [-0.3, -0.25) is 9.59 Å². The minimum absolute atomic E-state index is 0.00127. The molecule has 208 valence electrons. The molecule has 3 aromatic carbocycles. The van der Waals surface area contributed by atoms with Crippen molar-refractivity contribution in [3.8, 4) is 17.2 Å². The van der Waals surface area contributed by atoms with Gasteiger partial charge in [0, 0.05) is 37.2 Å². The molecule has 3 rings (SSSR count). The highest BCUT2D eigenvalue weighted by Crippen LogP contribution is 2.34. The van der Waals surface area contributed by atoms with Gasteiger partial charge in [0.05, 0.1) is 20.3 Å². The van der Waals surface area contributed by atoms with Crippen molar-refractivity contribution in [2.75, 3.05) is 20.8 Å². The lowest BCUT2D eigenvalue weighted by molar-refractivity contribution is -0.129. The maximum absolute atomic E-state index is 13.4. The average Bonchev–Trinajstić information content (AvgIpc) is 2.94. The third kappa shape index (κ3) is 9.04. The molecule has 8 heteroatoms. The fraction of sp³-hybridized carbons (Fsp3) is 0.355. The monoisotopic (exact) mass is 533 g/mol. The summed E-state index contributed by atoms with van der Waals surface area (Å²) in [6.07, 6.45) is 1.89. The maximum Gasteiger partial charge on any atom is 0.242 e. The number of nitrogens with one attached hydrogen (secondary N) is 3. The van der Waals surface area contributed by atoms with Crippen molar-refractivity contribution in [2.24, 2.45) is 0 Å². The van der Waals surface area contributed by atoms with E-state index in [1.54, 1.807) is 6.92 Å². The summed E-state index contributed by atoms with van der Waals surface area (Å²) in [5, 5.41) is 19.1. The quantitative estimate of drug-likeness (QED) is 0.236. The van der Waals surface area contributed by atoms with Crippen LogP contribution in [0.15, 0.2) is 66.7 Å². The molecule has 2 atom stereocenters. The molecule has 0 aliphatic rings. The lowest BCUT2D eigenvalue weighted by atomic mass is 10.0. The van der Waals surface area contributed by atoms with E-state index in [2.05, 4.69) is 28.1 Å². The number of carbonyl (C=O) groups is 2. The number of phenolic OH excluding ortho intramolecular Hbond substituents is 1. The Morgan fingerprint density at radius 3 is 2.15 bits per heavy atom. The van der Waals surface area contributed by atoms with Crippen LogP contribution in [0.2, 0.25) is 0 Å². The normalized spacial score (nSPS) is 12.3. The zero-order valence-corrected chi connectivity index (χ0v) is 23.1. The molecule has 0 saturated heterocycles. The van der Waals surface area contributed by atoms with Crippen LogP contribution in [0.5, 0.6) is 17.2 Å². The van der Waals surface area contributed by atoms with Crippen LogP contribution in [0.3, 0.4) is 0 Å². The Labute approximate surface area is 230 Å². The second-order valence-electron chi connectivity index (χ2n) is 9.56. The van der Waals surface area contributed by atoms with Gasteiger partial charge in [0.2, 0.25) is 11.8 Å². The zero-order valence-electron chi connectivity index (χ0n) is 23.1. The number of benzene rings is 3. The van der Waals surface area contributed by atoms with E-state index in [9.17, 15) is 14.7 Å². The first-order chi connectivity index (χ1) is 18.8. The molecule has 0 bridgehead atoms. The topological polar surface area (TPSA) is 109 Å². The van der Waals surface area contributed by atoms with Gasteiger partial charge in [-0.2, -0.15) is 0 Å². The lowest BCUT2D eigenvalue weighted by Gasteiger charge is -2.23. The van der Waals surface area contributed by atoms with E-state index in [0.29, 0.717) is 30.2 Å². The van der Waals surface area contributed by atoms with E-state index in [1.807, 2.05) is 49.4 Å². The molecule has 0 aliphatic carbocycles. The summed E-state index contributed by atoms with van der Waals surface area (Å²) >= 11 is 0. The predicted octanol–water partition coefficient (Wildman–Crippen LogP) is 3.67. The Hall–Kier alpha value is -4.04. The molecule has 3 aromatic rings. The fourth-order valence-corrected chi connectivity index (χ4v) is 4.26. The van der Waals surface area contributed by atoms with Crippen LogP contribution >= 0.6 is 0 Å². The predicted molar refractivity (Wildman–Crippen MR) is 152 cm³/mol. The van der Waals surface area contributed by atoms with Gasteiger partial charge in [0.25, 0.3) is 0 Å². The highest BCUT2D eigenvalue weighted by Gasteiger charge is 2.26. The lowest BCUT2D eigenvalue weighted by Crippen LogP contribution is -2.52. The minimum atomic E-state index is -0.721. The number of phenols is 1. The Morgan fingerprint density at radius 1 is 0.897 bits per heavy atom. The van der Waals surface area contributed by atoms with Crippen molar-refractivity contribution >= 4 is 11.8 Å². The number of aryl methyl sites for hydroxylation is 2. The van der Waals surface area contributed by atoms with Crippen LogP contribution < -0.4 is 25.4 Å². The van der Waals surface area contributed by atoms with E-state index in [4.69, 9.17) is 9.47 Å². The van der Waals surface area contributed by atoms with Crippen molar-refractivity contribution in [2.45, 2.75) is 51.7 Å². The van der Waals surface area contributed by atoms with Gasteiger partial charge in [-0.05, 0) is 37.8 Å². The van der Waals surface area contributed by atoms with Crippen molar-refractivity contribution in [3.05, 3.63) is 89.0 Å². The molecule has 4 N–H and O–H groups in total. The summed E-state index contributed by atoms with van der Waals surface area (Å²) in [5.74, 6) is 0.246. The van der Waals surface area contributed by atoms with Crippen LogP contribution in [0.25, 0.3) is 0 Å². The first-order valence-corrected chi connectivity index (χ1v) is 13.2. The van der Waals surface area contributed by atoms with Crippen molar-refractivity contribution in [1.82, 2.24) is 16.0 Å². The van der Waals surface area contributed by atoms with Crippen molar-refractivity contribution in [1.29, 1.82) is 0 Å². The highest BCUT2D eigenvalue weighted by molar-refractivity contribution is 5.89. The number of methoxy groups -OCH3 is 2. The van der Waals surface area contributed by atoms with Crippen LogP contribution in [-0.4, -0.2) is 49.8 Å². The smallest absolute Gasteiger partial charge is 0.242 e. The van der Waals surface area contributed by atoms with Crippen LogP contribution in [0.4, 0.5) is 0 Å². The van der Waals surface area contributed by atoms with E-state index in [-0.39, 0.29) is 24.0 Å². The SMILES string of the molecule is COc1cc(O)cc(OC)c1C[C@H](NCc1ccc(C)cc1)C(=O)N[C@H](C)C(=O)NCCCc1ccccc1. The van der Waals surface area contributed by atoms with E-state index in [0.717, 1.165) is 24.0 Å². The molecule has 0 heterocycles. The van der Waals surface area contributed by atoms with E-state index < -0.39 is 12.1 Å². The standard InChI is InChI=1S/C31H39N3O5/c1-21-12-14-24(15-13-21)20-33-27(19-26-28(38-3)17-25(35)18-29(26)39-4)31(37)34-22(2)30(36)32-16-8-11-23-9-6-5-7-10-23/h5-7,9-10,12-15,17-18,22,27,33,35H,8,11,16,19-20H2,1-4H3,(H,32,36)(H,34,37)/t22-,27+/m1/s1. The van der Waals surface area contributed by atoms with Gasteiger partial charge in [-0.25, -0.2) is 0 Å². The molecule has 2 amide bonds. The van der Waals surface area contributed by atoms with Crippen LogP contribution in [-0.2, 0) is 29.0 Å². The summed E-state index contributed by atoms with van der Waals surface area (Å²) in [4.78, 5) is 26.1. The summed E-state index contributed by atoms with van der Waals surface area (Å²) in [6.45, 7) is 4.65. The Kier molecular flexibility index (Phi) is 11.2. The summed E-state index contributed by atoms with van der Waals surface area (Å²) < 4.78 is 10.9. The van der Waals surface area contributed by atoms with Gasteiger partial charge < -0.3 is 30.5 Å². The average molecular weight is 534 g/mol. The third-order valence-electron chi connectivity index (χ3n) is 6.53. The number of aromatic hydroxyl groups is 1. The van der Waals surface area contributed by atoms with Gasteiger partial charge >= 0.3 is 0 Å². The number of ether oxygens (including phenoxy) is 2. The summed E-state index contributed by atoms with van der Waals surface area (Å²) in [6, 6.07) is 19.7. The number of amides is 2. The highest BCUT2D eigenvalue weighted by atomic mass is 16.5. The fourth-order valence-electron chi connectivity index (χ4n) is 4.26. The number of hydrogen-bond acceptors (Lipinski definition) is 6. The summed E-state index contributed by atoms with van der Waals surface area (Å²) in [5.41, 5.74) is 4.02. The number of rotatable bonds is 14. The Morgan fingerprint density at radius 2 is 1.54 bits per heavy atom. The molecule has 8 nitrogen and oxygen atoms in total. The first kappa shape index (κ1) is 29.5. The first-order valence-electron chi connectivity index (χ1n) is 13.2. The molecule has 0 radical (unpaired) electrons. The molecule has 0 spiro atoms. The van der Waals surface area contributed by atoms with Gasteiger partial charge in [-0.15, -0.1) is 0 Å². The van der Waals surface area contributed by atoms with Crippen molar-refractivity contribution in [3.63, 3.8) is 0 Å². The zero-order chi connectivity index (χ0) is 28.2. The van der Waals surface area contributed by atoms with E-state index >= 15 is 0 Å². The molecule has 0 aromatic heterocycles. The van der Waals surface area contributed by atoms with E-state index in [1.165, 1.54) is 31.9 Å². The molecular weight excluding hydrogens is 494 g/mol. The molecular formula is C31H39N3O5. The molecule has 39 heavy (non-hydrogen) atoms. The van der Waals surface area contributed by atoms with Gasteiger partial charge in [0.15, 0.2) is 0 Å². The van der Waals surface area contributed by atoms with Gasteiger partial charge in [0.1, 0.15) is 23.3 Å². The van der Waals surface area contributed by atoms with Crippen LogP contribution in [0, 0.1) is 6.92 Å². The second kappa shape index (κ2) is 14.8. The number of hydrogen-bond donors (Lipinski definition) is 4. The van der Waals surface area contributed by atoms with Crippen LogP contribution in [0.1, 0.15) is 35.6 Å². The molecule has 0 unspecified atom stereocenters. The number of carbonyl (C=O) groups excluding carboxylic acids is 2. The van der Waals surface area contributed by atoms with Gasteiger partial charge in [-0.1, -0.05) is 60.2 Å². The molecule has 0 aliphatic heterocycles. The minimum Gasteiger partial charge on any atom is -0.508 e. The van der Waals surface area contributed by atoms with Crippen molar-refractivity contribution < 1.29 is 24.2 Å². The largest absolute Gasteiger partial charge is 0.508 e. The third-order valence-corrected chi connectivity index (χ3v) is 6.53.